The van der Waals surface area contributed by atoms with Gasteiger partial charge >= 0.3 is 0 Å². The van der Waals surface area contributed by atoms with Crippen molar-refractivity contribution in [3.8, 4) is 11.1 Å². The molecule has 5 rings (SSSR count). The average molecular weight is 392 g/mol. The lowest BCUT2D eigenvalue weighted by atomic mass is 9.74. The Morgan fingerprint density at radius 3 is 2.62 bits per heavy atom. The van der Waals surface area contributed by atoms with Gasteiger partial charge in [-0.25, -0.2) is 0 Å². The fourth-order valence-electron chi connectivity index (χ4n) is 5.62. The van der Waals surface area contributed by atoms with E-state index in [1.54, 1.807) is 0 Å². The van der Waals surface area contributed by atoms with Crippen LogP contribution in [0.3, 0.4) is 0 Å². The second-order valence-corrected chi connectivity index (χ2v) is 9.45. The fraction of sp³-hybridized carbons (Fsp3) is 0.538. The van der Waals surface area contributed by atoms with Gasteiger partial charge in [0.15, 0.2) is 0 Å². The number of ether oxygens (including phenoxy) is 1. The molecule has 0 spiro atoms. The number of aliphatic hydroxyl groups excluding tert-OH is 1. The molecule has 0 radical (unpaired) electrons. The number of hydrogen-bond donors (Lipinski definition) is 1. The van der Waals surface area contributed by atoms with E-state index in [-0.39, 0.29) is 5.41 Å². The van der Waals surface area contributed by atoms with E-state index >= 15 is 0 Å². The molecular weight excluding hydrogens is 358 g/mol. The van der Waals surface area contributed by atoms with Gasteiger partial charge in [-0.2, -0.15) is 0 Å². The molecule has 29 heavy (non-hydrogen) atoms. The van der Waals surface area contributed by atoms with E-state index in [2.05, 4.69) is 47.4 Å². The van der Waals surface area contributed by atoms with E-state index in [4.69, 9.17) is 4.74 Å². The summed E-state index contributed by atoms with van der Waals surface area (Å²) in [7, 11) is 0. The monoisotopic (exact) mass is 391 g/mol. The van der Waals surface area contributed by atoms with Crippen LogP contribution in [0.25, 0.3) is 11.1 Å². The van der Waals surface area contributed by atoms with Gasteiger partial charge in [0.05, 0.1) is 6.10 Å². The molecule has 1 atom stereocenters. The zero-order valence-corrected chi connectivity index (χ0v) is 17.4. The van der Waals surface area contributed by atoms with Crippen molar-refractivity contribution in [1.82, 2.24) is 4.90 Å². The van der Waals surface area contributed by atoms with Crippen molar-refractivity contribution in [1.29, 1.82) is 0 Å². The Labute approximate surface area is 174 Å². The fourth-order valence-corrected chi connectivity index (χ4v) is 5.62. The molecule has 2 fully saturated rings. The highest BCUT2D eigenvalue weighted by Crippen LogP contribution is 2.39. The SMILES string of the molecule is OCC1(CC2CCCCO2)CCN(Cc2ccc3c(c2)Cc2ccccc2-3)CC1. The Kier molecular flexibility index (Phi) is 5.47. The van der Waals surface area contributed by atoms with E-state index in [1.807, 2.05) is 0 Å². The first-order chi connectivity index (χ1) is 14.2. The second kappa shape index (κ2) is 8.22. The van der Waals surface area contributed by atoms with Crippen molar-refractivity contribution in [2.75, 3.05) is 26.3 Å². The van der Waals surface area contributed by atoms with Crippen LogP contribution in [0, 0.1) is 5.41 Å². The molecule has 2 saturated heterocycles. The Morgan fingerprint density at radius 2 is 1.83 bits per heavy atom. The number of piperidine rings is 1. The summed E-state index contributed by atoms with van der Waals surface area (Å²) in [5, 5.41) is 10.2. The average Bonchev–Trinajstić information content (AvgIpc) is 3.14. The third-order valence-corrected chi connectivity index (χ3v) is 7.45. The van der Waals surface area contributed by atoms with E-state index in [0.717, 1.165) is 51.9 Å². The minimum absolute atomic E-state index is 0.0675. The standard InChI is InChI=1S/C26H33NO2/c28-19-26(17-23-6-3-4-14-29-23)10-12-27(13-11-26)18-20-8-9-25-22(15-20)16-21-5-1-2-7-24(21)25/h1-2,5,7-9,15,23,28H,3-4,6,10-14,16-19H2. The van der Waals surface area contributed by atoms with Gasteiger partial charge in [-0.05, 0) is 91.3 Å². The molecule has 154 valence electrons. The Hall–Kier alpha value is -1.68. The van der Waals surface area contributed by atoms with Gasteiger partial charge < -0.3 is 9.84 Å². The van der Waals surface area contributed by atoms with Gasteiger partial charge in [0.2, 0.25) is 0 Å². The molecule has 1 aliphatic carbocycles. The quantitative estimate of drug-likeness (QED) is 0.679. The summed E-state index contributed by atoms with van der Waals surface area (Å²) in [6.45, 7) is 4.37. The lowest BCUT2D eigenvalue weighted by Crippen LogP contribution is -2.44. The Bertz CT molecular complexity index is 848. The molecule has 2 heterocycles. The van der Waals surface area contributed by atoms with E-state index in [1.165, 1.54) is 47.1 Å². The van der Waals surface area contributed by atoms with Crippen LogP contribution in [0.2, 0.25) is 0 Å². The summed E-state index contributed by atoms with van der Waals surface area (Å²) in [5.41, 5.74) is 7.23. The number of rotatable bonds is 5. The molecule has 0 bridgehead atoms. The highest BCUT2D eigenvalue weighted by Gasteiger charge is 2.37. The molecule has 3 heteroatoms. The van der Waals surface area contributed by atoms with Crippen LogP contribution in [0.4, 0.5) is 0 Å². The number of hydrogen-bond acceptors (Lipinski definition) is 3. The number of fused-ring (bicyclic) bond motifs is 3. The summed E-state index contributed by atoms with van der Waals surface area (Å²) in [4.78, 5) is 2.57. The van der Waals surface area contributed by atoms with E-state index in [9.17, 15) is 5.11 Å². The summed E-state index contributed by atoms with van der Waals surface area (Å²) in [6.07, 6.45) is 8.27. The van der Waals surface area contributed by atoms with Gasteiger partial charge in [0.25, 0.3) is 0 Å². The molecule has 0 saturated carbocycles. The third-order valence-electron chi connectivity index (χ3n) is 7.45. The van der Waals surface area contributed by atoms with Crippen LogP contribution >= 0.6 is 0 Å². The highest BCUT2D eigenvalue weighted by molar-refractivity contribution is 5.76. The topological polar surface area (TPSA) is 32.7 Å². The summed E-state index contributed by atoms with van der Waals surface area (Å²) >= 11 is 0. The minimum Gasteiger partial charge on any atom is -0.396 e. The maximum absolute atomic E-state index is 10.2. The van der Waals surface area contributed by atoms with E-state index in [0.29, 0.717) is 12.7 Å². The maximum atomic E-state index is 10.2. The first-order valence-corrected chi connectivity index (χ1v) is 11.4. The predicted molar refractivity (Wildman–Crippen MR) is 117 cm³/mol. The number of nitrogens with zero attached hydrogens (tertiary/aromatic N) is 1. The van der Waals surface area contributed by atoms with E-state index < -0.39 is 0 Å². The molecule has 0 aromatic heterocycles. The van der Waals surface area contributed by atoms with Crippen molar-refractivity contribution in [2.24, 2.45) is 5.41 Å². The molecule has 3 aliphatic rings. The Morgan fingerprint density at radius 1 is 1.00 bits per heavy atom. The zero-order chi connectivity index (χ0) is 19.7. The van der Waals surface area contributed by atoms with Crippen molar-refractivity contribution in [2.45, 2.75) is 57.6 Å². The number of likely N-dealkylation sites (tertiary alicyclic amines) is 1. The van der Waals surface area contributed by atoms with Gasteiger partial charge in [0.1, 0.15) is 0 Å². The molecule has 2 aromatic carbocycles. The van der Waals surface area contributed by atoms with Crippen molar-refractivity contribution < 1.29 is 9.84 Å². The smallest absolute Gasteiger partial charge is 0.0581 e. The first kappa shape index (κ1) is 19.3. The lowest BCUT2D eigenvalue weighted by Gasteiger charge is -2.43. The summed E-state index contributed by atoms with van der Waals surface area (Å²) in [5.74, 6) is 0. The van der Waals surface area contributed by atoms with Crippen LogP contribution < -0.4 is 0 Å². The largest absolute Gasteiger partial charge is 0.396 e. The zero-order valence-electron chi connectivity index (χ0n) is 17.4. The first-order valence-electron chi connectivity index (χ1n) is 11.4. The van der Waals surface area contributed by atoms with Crippen molar-refractivity contribution in [3.05, 3.63) is 59.2 Å². The number of aliphatic hydroxyl groups is 1. The molecule has 3 nitrogen and oxygen atoms in total. The molecule has 0 amide bonds. The van der Waals surface area contributed by atoms with Crippen molar-refractivity contribution >= 4 is 0 Å². The molecule has 2 aliphatic heterocycles. The van der Waals surface area contributed by atoms with Gasteiger partial charge in [-0.15, -0.1) is 0 Å². The van der Waals surface area contributed by atoms with Crippen LogP contribution in [-0.2, 0) is 17.7 Å². The van der Waals surface area contributed by atoms with Crippen LogP contribution in [0.1, 0.15) is 55.2 Å². The van der Waals surface area contributed by atoms with Crippen LogP contribution in [0.5, 0.6) is 0 Å². The Balaban J connectivity index is 1.20. The van der Waals surface area contributed by atoms with Crippen LogP contribution in [0.15, 0.2) is 42.5 Å². The molecule has 2 aromatic rings. The highest BCUT2D eigenvalue weighted by atomic mass is 16.5. The summed E-state index contributed by atoms with van der Waals surface area (Å²) < 4.78 is 5.97. The molecule has 1 N–H and O–H groups in total. The lowest BCUT2D eigenvalue weighted by molar-refractivity contribution is -0.0486. The molecular formula is C26H33NO2. The minimum atomic E-state index is 0.0675. The third kappa shape index (κ3) is 4.01. The maximum Gasteiger partial charge on any atom is 0.0581 e. The normalized spacial score (nSPS) is 23.6. The summed E-state index contributed by atoms with van der Waals surface area (Å²) in [6, 6.07) is 15.8. The van der Waals surface area contributed by atoms with Crippen molar-refractivity contribution in [3.63, 3.8) is 0 Å². The number of benzene rings is 2. The predicted octanol–water partition coefficient (Wildman–Crippen LogP) is 4.79. The van der Waals surface area contributed by atoms with Crippen LogP contribution in [-0.4, -0.2) is 42.4 Å². The second-order valence-electron chi connectivity index (χ2n) is 9.45. The molecule has 1 unspecified atom stereocenters. The van der Waals surface area contributed by atoms with Gasteiger partial charge in [-0.1, -0.05) is 42.5 Å². The van der Waals surface area contributed by atoms with Gasteiger partial charge in [-0.3, -0.25) is 4.90 Å². The van der Waals surface area contributed by atoms with Gasteiger partial charge in [0, 0.05) is 19.8 Å².